The van der Waals surface area contributed by atoms with Gasteiger partial charge in [-0.15, -0.1) is 0 Å². The summed E-state index contributed by atoms with van der Waals surface area (Å²) in [7, 11) is 0. The van der Waals surface area contributed by atoms with Gasteiger partial charge in [-0.05, 0) is 24.1 Å². The van der Waals surface area contributed by atoms with Crippen LogP contribution in [0, 0.1) is 0 Å². The fourth-order valence-corrected chi connectivity index (χ4v) is 1.94. The Morgan fingerprint density at radius 1 is 1.13 bits per heavy atom. The van der Waals surface area contributed by atoms with Gasteiger partial charge in [-0.3, -0.25) is 5.21 Å². The first kappa shape index (κ1) is 10.1. The molecule has 0 fully saturated rings. The fraction of sp³-hybridized carbons (Fsp3) is 0.0909. The molecule has 0 aliphatic carbocycles. The maximum Gasteiger partial charge on any atom is 0.0842 e. The minimum absolute atomic E-state index is 0.726. The van der Waals surface area contributed by atoms with E-state index in [9.17, 15) is 5.21 Å². The van der Waals surface area contributed by atoms with Crippen LogP contribution in [0.4, 0.5) is 11.4 Å². The smallest absolute Gasteiger partial charge is 0.0842 e. The molecule has 2 aromatic carbocycles. The highest BCUT2D eigenvalue weighted by atomic mass is 32.2. The molecule has 2 rings (SSSR count). The molecule has 0 radical (unpaired) electrons. The Kier molecular flexibility index (Phi) is 2.70. The van der Waals surface area contributed by atoms with E-state index in [1.807, 2.05) is 42.7 Å². The van der Waals surface area contributed by atoms with Crippen LogP contribution in [0.25, 0.3) is 10.8 Å². The molecule has 0 amide bonds. The quantitative estimate of drug-likeness (QED) is 0.464. The summed E-state index contributed by atoms with van der Waals surface area (Å²) < 4.78 is 1.14. The summed E-state index contributed by atoms with van der Waals surface area (Å²) in [5.74, 6) is 0. The highest BCUT2D eigenvalue weighted by Crippen LogP contribution is 2.31. The maximum atomic E-state index is 9.67. The number of hydrogen-bond donors (Lipinski definition) is 2. The zero-order valence-electron chi connectivity index (χ0n) is 8.34. The second kappa shape index (κ2) is 4.00. The van der Waals surface area contributed by atoms with Crippen molar-refractivity contribution in [1.82, 2.24) is 0 Å². The van der Waals surface area contributed by atoms with Crippen LogP contribution < -0.4 is 10.2 Å². The van der Waals surface area contributed by atoms with E-state index in [0.29, 0.717) is 0 Å². The highest BCUT2D eigenvalue weighted by Gasteiger charge is 2.07. The van der Waals surface area contributed by atoms with E-state index in [0.717, 1.165) is 26.6 Å². The molecule has 78 valence electrons. The summed E-state index contributed by atoms with van der Waals surface area (Å²) in [6.07, 6.45) is 1.81. The summed E-state index contributed by atoms with van der Waals surface area (Å²) >= 11 is 1.25. The van der Waals surface area contributed by atoms with Crippen LogP contribution in [0.1, 0.15) is 0 Å². The van der Waals surface area contributed by atoms with E-state index >= 15 is 0 Å². The van der Waals surface area contributed by atoms with Crippen LogP contribution in [0.15, 0.2) is 36.4 Å². The van der Waals surface area contributed by atoms with Gasteiger partial charge in [0.25, 0.3) is 0 Å². The van der Waals surface area contributed by atoms with Crippen LogP contribution in [-0.4, -0.2) is 11.5 Å². The Morgan fingerprint density at radius 3 is 2.53 bits per heavy atom. The van der Waals surface area contributed by atoms with E-state index in [1.54, 1.807) is 0 Å². The van der Waals surface area contributed by atoms with Crippen LogP contribution in [-0.2, 0) is 0 Å². The van der Waals surface area contributed by atoms with Gasteiger partial charge in [-0.2, -0.15) is 4.47 Å². The molecule has 0 aromatic heterocycles. The van der Waals surface area contributed by atoms with Crippen molar-refractivity contribution in [3.05, 3.63) is 36.4 Å². The Balaban J connectivity index is 2.71. The lowest BCUT2D eigenvalue weighted by atomic mass is 10.1. The normalized spacial score (nSPS) is 10.5. The third-order valence-electron chi connectivity index (χ3n) is 2.31. The highest BCUT2D eigenvalue weighted by molar-refractivity contribution is 7.99. The van der Waals surface area contributed by atoms with Crippen LogP contribution >= 0.6 is 11.9 Å². The summed E-state index contributed by atoms with van der Waals surface area (Å²) in [6, 6.07) is 11.4. The molecule has 0 saturated carbocycles. The van der Waals surface area contributed by atoms with Gasteiger partial charge in [0.05, 0.1) is 5.69 Å². The molecule has 0 heterocycles. The molecule has 0 spiro atoms. The van der Waals surface area contributed by atoms with Crippen LogP contribution in [0.5, 0.6) is 0 Å². The van der Waals surface area contributed by atoms with Gasteiger partial charge in [0.15, 0.2) is 0 Å². The molecule has 2 aromatic rings. The van der Waals surface area contributed by atoms with Crippen molar-refractivity contribution in [2.24, 2.45) is 0 Å². The predicted octanol–water partition coefficient (Wildman–Crippen LogP) is 2.90. The van der Waals surface area contributed by atoms with Gasteiger partial charge in [0.1, 0.15) is 0 Å². The number of nitrogen functional groups attached to an aromatic ring is 1. The largest absolute Gasteiger partial charge is 0.398 e. The molecule has 3 nitrogen and oxygen atoms in total. The maximum absolute atomic E-state index is 9.67. The van der Waals surface area contributed by atoms with Gasteiger partial charge in [-0.25, -0.2) is 0 Å². The number of nitrogens with two attached hydrogens (primary N) is 1. The van der Waals surface area contributed by atoms with E-state index in [2.05, 4.69) is 0 Å². The number of nitrogens with zero attached hydrogens (tertiary/aromatic N) is 1. The van der Waals surface area contributed by atoms with Crippen LogP contribution in [0.3, 0.4) is 0 Å². The second-order valence-electron chi connectivity index (χ2n) is 3.18. The summed E-state index contributed by atoms with van der Waals surface area (Å²) in [6.45, 7) is 0. The SMILES string of the molecule is CSN(O)c1cccc2c(N)cccc12. The molecule has 0 aliphatic heterocycles. The monoisotopic (exact) mass is 220 g/mol. The number of hydrogen-bond acceptors (Lipinski definition) is 4. The van der Waals surface area contributed by atoms with Crippen molar-refractivity contribution in [3.63, 3.8) is 0 Å². The van der Waals surface area contributed by atoms with Gasteiger partial charge >= 0.3 is 0 Å². The lowest BCUT2D eigenvalue weighted by Crippen LogP contribution is -2.06. The Labute approximate surface area is 92.6 Å². The average Bonchev–Trinajstić information content (AvgIpc) is 2.28. The molecule has 0 bridgehead atoms. The fourth-order valence-electron chi connectivity index (χ4n) is 1.58. The lowest BCUT2D eigenvalue weighted by Gasteiger charge is -2.15. The predicted molar refractivity (Wildman–Crippen MR) is 66.1 cm³/mol. The first-order chi connectivity index (χ1) is 7.24. The van der Waals surface area contributed by atoms with E-state index in [1.165, 1.54) is 11.9 Å². The van der Waals surface area contributed by atoms with E-state index < -0.39 is 0 Å². The number of benzene rings is 2. The van der Waals surface area contributed by atoms with Crippen molar-refractivity contribution in [1.29, 1.82) is 0 Å². The second-order valence-corrected chi connectivity index (χ2v) is 3.89. The molecule has 3 N–H and O–H groups in total. The molecule has 0 aliphatic rings. The number of fused-ring (bicyclic) bond motifs is 1. The lowest BCUT2D eigenvalue weighted by molar-refractivity contribution is 0.333. The molecule has 4 heteroatoms. The van der Waals surface area contributed by atoms with Gasteiger partial charge in [0.2, 0.25) is 0 Å². The Morgan fingerprint density at radius 2 is 1.80 bits per heavy atom. The van der Waals surface area contributed by atoms with Crippen molar-refractivity contribution in [3.8, 4) is 0 Å². The minimum atomic E-state index is 0.726. The molecule has 0 saturated heterocycles. The summed E-state index contributed by atoms with van der Waals surface area (Å²) in [5, 5.41) is 11.6. The molecule has 15 heavy (non-hydrogen) atoms. The standard InChI is InChI=1S/C11H12N2OS/c1-15-13(14)11-7-3-4-8-9(11)5-2-6-10(8)12/h2-7,14H,12H2,1H3. The number of rotatable bonds is 2. The molecular weight excluding hydrogens is 208 g/mol. The van der Waals surface area contributed by atoms with Crippen molar-refractivity contribution in [2.45, 2.75) is 0 Å². The third kappa shape index (κ3) is 1.73. The van der Waals surface area contributed by atoms with Gasteiger partial charge < -0.3 is 5.73 Å². The van der Waals surface area contributed by atoms with Crippen molar-refractivity contribution >= 4 is 34.1 Å². The summed E-state index contributed by atoms with van der Waals surface area (Å²) in [5.41, 5.74) is 7.34. The average molecular weight is 220 g/mol. The summed E-state index contributed by atoms with van der Waals surface area (Å²) in [4.78, 5) is 0. The van der Waals surface area contributed by atoms with Crippen molar-refractivity contribution < 1.29 is 5.21 Å². The van der Waals surface area contributed by atoms with Crippen LogP contribution in [0.2, 0.25) is 0 Å². The van der Waals surface area contributed by atoms with Gasteiger partial charge in [0, 0.05) is 22.7 Å². The van der Waals surface area contributed by atoms with E-state index in [-0.39, 0.29) is 0 Å². The zero-order chi connectivity index (χ0) is 10.8. The van der Waals surface area contributed by atoms with Crippen molar-refractivity contribution in [2.75, 3.05) is 16.5 Å². The Hall–Kier alpha value is -1.39. The van der Waals surface area contributed by atoms with E-state index in [4.69, 9.17) is 5.73 Å². The third-order valence-corrected chi connectivity index (χ3v) is 2.85. The van der Waals surface area contributed by atoms with Gasteiger partial charge in [-0.1, -0.05) is 24.3 Å². The molecule has 0 unspecified atom stereocenters. The zero-order valence-corrected chi connectivity index (χ0v) is 9.16. The topological polar surface area (TPSA) is 49.5 Å². The first-order valence-electron chi connectivity index (χ1n) is 4.54. The molecular formula is C11H12N2OS. The number of anilines is 2. The Bertz CT molecular complexity index is 487. The first-order valence-corrected chi connectivity index (χ1v) is 5.72. The minimum Gasteiger partial charge on any atom is -0.398 e. The molecule has 0 atom stereocenters.